The molecule has 0 saturated carbocycles. The summed E-state index contributed by atoms with van der Waals surface area (Å²) in [4.78, 5) is 25.0. The number of anilines is 2. The van der Waals surface area contributed by atoms with Gasteiger partial charge in [0.15, 0.2) is 11.5 Å². The number of hydrogen-bond donors (Lipinski definition) is 0. The summed E-state index contributed by atoms with van der Waals surface area (Å²) in [6.07, 6.45) is 0. The van der Waals surface area contributed by atoms with Crippen molar-refractivity contribution in [1.29, 1.82) is 10.5 Å². The fourth-order valence-corrected chi connectivity index (χ4v) is 5.11. The summed E-state index contributed by atoms with van der Waals surface area (Å²) in [5.41, 5.74) is 2.50. The summed E-state index contributed by atoms with van der Waals surface area (Å²) < 4.78 is 29.4. The first-order chi connectivity index (χ1) is 19.0. The first-order valence-electron chi connectivity index (χ1n) is 12.8. The van der Waals surface area contributed by atoms with Gasteiger partial charge < -0.3 is 14.7 Å². The Balaban J connectivity index is 1.23. The molecule has 39 heavy (non-hydrogen) atoms. The van der Waals surface area contributed by atoms with Gasteiger partial charge >= 0.3 is 0 Å². The van der Waals surface area contributed by atoms with E-state index < -0.39 is 17.5 Å². The van der Waals surface area contributed by atoms with Crippen molar-refractivity contribution in [3.8, 4) is 12.1 Å². The maximum Gasteiger partial charge on any atom is 0.275 e. The van der Waals surface area contributed by atoms with E-state index in [-0.39, 0.29) is 17.9 Å². The molecule has 0 radical (unpaired) electrons. The predicted molar refractivity (Wildman–Crippen MR) is 142 cm³/mol. The van der Waals surface area contributed by atoms with E-state index in [0.29, 0.717) is 63.5 Å². The Bertz CT molecular complexity index is 1450. The highest BCUT2D eigenvalue weighted by atomic mass is 19.1. The van der Waals surface area contributed by atoms with Crippen LogP contribution in [0, 0.1) is 34.3 Å². The fraction of sp³-hybridized carbons (Fsp3) is 0.310. The summed E-state index contributed by atoms with van der Waals surface area (Å²) in [5.74, 6) is -2.32. The van der Waals surface area contributed by atoms with Crippen molar-refractivity contribution in [3.05, 3.63) is 88.7 Å². The van der Waals surface area contributed by atoms with Crippen molar-refractivity contribution in [3.63, 3.8) is 0 Å². The molecule has 3 heterocycles. The number of benzene rings is 2. The SMILES string of the molecule is N#Cc1ccccc1N1CCN(Cc2nc(C(=O)N3CCN(c4ccccc4C#N)CC3)c(F)cc2F)CC1. The van der Waals surface area contributed by atoms with Gasteiger partial charge in [0.2, 0.25) is 0 Å². The summed E-state index contributed by atoms with van der Waals surface area (Å²) in [5, 5.41) is 18.8. The molecule has 2 aromatic carbocycles. The number of rotatable bonds is 5. The number of para-hydroxylation sites is 2. The third-order valence-corrected chi connectivity index (χ3v) is 7.25. The van der Waals surface area contributed by atoms with E-state index in [1.54, 1.807) is 18.2 Å². The van der Waals surface area contributed by atoms with Gasteiger partial charge in [0.25, 0.3) is 5.91 Å². The topological polar surface area (TPSA) is 90.5 Å². The molecular formula is C29H27F2N7O. The van der Waals surface area contributed by atoms with Crippen LogP contribution in [0.3, 0.4) is 0 Å². The van der Waals surface area contributed by atoms with Gasteiger partial charge in [-0.1, -0.05) is 24.3 Å². The molecule has 2 aliphatic rings. The normalized spacial score (nSPS) is 16.1. The van der Waals surface area contributed by atoms with Crippen LogP contribution in [0.2, 0.25) is 0 Å². The average molecular weight is 528 g/mol. The monoisotopic (exact) mass is 527 g/mol. The van der Waals surface area contributed by atoms with E-state index in [1.807, 2.05) is 40.1 Å². The lowest BCUT2D eigenvalue weighted by molar-refractivity contribution is 0.0734. The minimum atomic E-state index is -0.976. The number of aromatic nitrogens is 1. The number of amides is 1. The highest BCUT2D eigenvalue weighted by Crippen LogP contribution is 2.24. The molecule has 198 valence electrons. The largest absolute Gasteiger partial charge is 0.368 e. The summed E-state index contributed by atoms with van der Waals surface area (Å²) in [7, 11) is 0. The van der Waals surface area contributed by atoms with Crippen molar-refractivity contribution < 1.29 is 13.6 Å². The number of nitriles is 2. The molecule has 0 bridgehead atoms. The first kappa shape index (κ1) is 26.1. The number of halogens is 2. The molecule has 0 spiro atoms. The molecule has 3 aromatic rings. The van der Waals surface area contributed by atoms with Crippen molar-refractivity contribution in [1.82, 2.24) is 14.8 Å². The Morgan fingerprint density at radius 1 is 0.769 bits per heavy atom. The quantitative estimate of drug-likeness (QED) is 0.503. The maximum atomic E-state index is 14.7. The number of nitrogens with zero attached hydrogens (tertiary/aromatic N) is 7. The highest BCUT2D eigenvalue weighted by molar-refractivity contribution is 5.92. The molecule has 0 N–H and O–H groups in total. The van der Waals surface area contributed by atoms with E-state index in [0.717, 1.165) is 17.4 Å². The lowest BCUT2D eigenvalue weighted by atomic mass is 10.1. The third-order valence-electron chi connectivity index (χ3n) is 7.25. The number of hydrogen-bond acceptors (Lipinski definition) is 7. The zero-order valence-electron chi connectivity index (χ0n) is 21.4. The molecule has 8 nitrogen and oxygen atoms in total. The molecule has 1 amide bonds. The molecule has 0 aliphatic carbocycles. The van der Waals surface area contributed by atoms with Gasteiger partial charge in [-0.2, -0.15) is 10.5 Å². The fourth-order valence-electron chi connectivity index (χ4n) is 5.11. The van der Waals surface area contributed by atoms with Crippen LogP contribution in [0.4, 0.5) is 20.2 Å². The number of carbonyl (C=O) groups is 1. The Kier molecular flexibility index (Phi) is 7.67. The number of piperazine rings is 2. The Labute approximate surface area is 225 Å². The first-order valence-corrected chi connectivity index (χ1v) is 12.8. The highest BCUT2D eigenvalue weighted by Gasteiger charge is 2.28. The second-order valence-corrected chi connectivity index (χ2v) is 9.55. The van der Waals surface area contributed by atoms with Crippen LogP contribution < -0.4 is 9.80 Å². The van der Waals surface area contributed by atoms with Crippen molar-refractivity contribution >= 4 is 17.3 Å². The minimum Gasteiger partial charge on any atom is -0.368 e. The van der Waals surface area contributed by atoms with Crippen LogP contribution in [-0.4, -0.2) is 73.0 Å². The Morgan fingerprint density at radius 3 is 1.82 bits per heavy atom. The predicted octanol–water partition coefficient (Wildman–Crippen LogP) is 3.39. The Morgan fingerprint density at radius 2 is 1.28 bits per heavy atom. The summed E-state index contributed by atoms with van der Waals surface area (Å²) >= 11 is 0. The molecule has 0 unspecified atom stereocenters. The standard InChI is InChI=1S/C29H27F2N7O/c30-23-17-24(31)28(29(39)38-15-13-37(14-16-38)27-8-4-2-6-22(27)19-33)34-25(23)20-35-9-11-36(12-10-35)26-7-3-1-5-21(26)18-32/h1-8,17H,9-16,20H2. The van der Waals surface area contributed by atoms with E-state index in [2.05, 4.69) is 22.0 Å². The smallest absolute Gasteiger partial charge is 0.275 e. The number of pyridine rings is 1. The molecule has 5 rings (SSSR count). The molecule has 0 atom stereocenters. The van der Waals surface area contributed by atoms with Crippen molar-refractivity contribution in [2.75, 3.05) is 62.2 Å². The second-order valence-electron chi connectivity index (χ2n) is 9.55. The lowest BCUT2D eigenvalue weighted by Crippen LogP contribution is -2.49. The van der Waals surface area contributed by atoms with E-state index in [1.165, 1.54) is 4.90 Å². The number of carbonyl (C=O) groups excluding carboxylic acids is 1. The van der Waals surface area contributed by atoms with Crippen molar-refractivity contribution in [2.45, 2.75) is 6.54 Å². The van der Waals surface area contributed by atoms with Crippen molar-refractivity contribution in [2.24, 2.45) is 0 Å². The second kappa shape index (κ2) is 11.5. The van der Waals surface area contributed by atoms with Crippen LogP contribution in [0.25, 0.3) is 0 Å². The van der Waals surface area contributed by atoms with Crippen LogP contribution >= 0.6 is 0 Å². The molecule has 10 heteroatoms. The van der Waals surface area contributed by atoms with Gasteiger partial charge in [0, 0.05) is 65.0 Å². The van der Waals surface area contributed by atoms with Gasteiger partial charge in [-0.15, -0.1) is 0 Å². The van der Waals surface area contributed by atoms with Gasteiger partial charge in [0.1, 0.15) is 18.0 Å². The van der Waals surface area contributed by atoms with Gasteiger partial charge in [-0.25, -0.2) is 13.8 Å². The lowest BCUT2D eigenvalue weighted by Gasteiger charge is -2.37. The zero-order chi connectivity index (χ0) is 27.4. The van der Waals surface area contributed by atoms with Crippen LogP contribution in [-0.2, 0) is 6.54 Å². The molecule has 2 aliphatic heterocycles. The minimum absolute atomic E-state index is 0.0345. The van der Waals surface area contributed by atoms with Gasteiger partial charge in [-0.05, 0) is 24.3 Å². The summed E-state index contributed by atoms with van der Waals surface area (Å²) in [6, 6.07) is 19.8. The molecular weight excluding hydrogens is 500 g/mol. The van der Waals surface area contributed by atoms with E-state index >= 15 is 0 Å². The molecule has 1 aromatic heterocycles. The average Bonchev–Trinajstić information content (AvgIpc) is 2.98. The van der Waals surface area contributed by atoms with E-state index in [4.69, 9.17) is 0 Å². The van der Waals surface area contributed by atoms with Crippen LogP contribution in [0.1, 0.15) is 27.3 Å². The Hall–Kier alpha value is -4.54. The van der Waals surface area contributed by atoms with Gasteiger partial charge in [0.05, 0.1) is 28.2 Å². The van der Waals surface area contributed by atoms with Crippen LogP contribution in [0.5, 0.6) is 0 Å². The van der Waals surface area contributed by atoms with Crippen LogP contribution in [0.15, 0.2) is 54.6 Å². The van der Waals surface area contributed by atoms with E-state index in [9.17, 15) is 24.1 Å². The molecule has 2 saturated heterocycles. The maximum absolute atomic E-state index is 14.7. The zero-order valence-corrected chi connectivity index (χ0v) is 21.4. The molecule has 2 fully saturated rings. The van der Waals surface area contributed by atoms with Gasteiger partial charge in [-0.3, -0.25) is 9.69 Å². The summed E-state index contributed by atoms with van der Waals surface area (Å²) in [6.45, 7) is 4.29. The third kappa shape index (κ3) is 5.52.